The zero-order valence-corrected chi connectivity index (χ0v) is 7.95. The molecule has 0 fully saturated rings. The van der Waals surface area contributed by atoms with Gasteiger partial charge in [-0.15, -0.1) is 11.3 Å². The van der Waals surface area contributed by atoms with Crippen molar-refractivity contribution in [2.75, 3.05) is 18.4 Å². The van der Waals surface area contributed by atoms with Gasteiger partial charge in [0, 0.05) is 23.5 Å². The maximum absolute atomic E-state index is 8.97. The number of aryl methyl sites for hydroxylation is 1. The van der Waals surface area contributed by atoms with Crippen molar-refractivity contribution in [3.8, 4) is 0 Å². The van der Waals surface area contributed by atoms with E-state index in [0.29, 0.717) is 6.54 Å². The summed E-state index contributed by atoms with van der Waals surface area (Å²) in [4.78, 5) is 1.20. The van der Waals surface area contributed by atoms with E-state index >= 15 is 0 Å². The van der Waals surface area contributed by atoms with Gasteiger partial charge in [0.15, 0.2) is 0 Å². The quantitative estimate of drug-likeness (QED) is 0.655. The number of nitrogens with one attached hydrogen (secondary N) is 1. The lowest BCUT2D eigenvalue weighted by Crippen LogP contribution is -2.13. The molecule has 68 valence electrons. The van der Waals surface area contributed by atoms with E-state index in [4.69, 9.17) is 10.8 Å². The molecule has 1 aromatic rings. The molecule has 1 aromatic heterocycles. The minimum absolute atomic E-state index is 0.0945. The first-order valence-electron chi connectivity index (χ1n) is 3.91. The van der Waals surface area contributed by atoms with E-state index in [9.17, 15) is 0 Å². The van der Waals surface area contributed by atoms with E-state index in [2.05, 4.69) is 5.32 Å². The Morgan fingerprint density at radius 2 is 2.42 bits per heavy atom. The van der Waals surface area contributed by atoms with Crippen molar-refractivity contribution in [3.63, 3.8) is 0 Å². The van der Waals surface area contributed by atoms with Crippen molar-refractivity contribution in [1.29, 1.82) is 0 Å². The summed E-state index contributed by atoms with van der Waals surface area (Å²) in [5, 5.41) is 14.1. The van der Waals surface area contributed by atoms with E-state index in [1.807, 2.05) is 12.3 Å². The predicted octanol–water partition coefficient (Wildman–Crippen LogP) is 0.919. The number of aliphatic hydroxyl groups excluding tert-OH is 1. The Hall–Kier alpha value is -0.580. The summed E-state index contributed by atoms with van der Waals surface area (Å²) >= 11 is 1.64. The Bertz CT molecular complexity index is 247. The minimum Gasteiger partial charge on any atom is -0.392 e. The van der Waals surface area contributed by atoms with Gasteiger partial charge in [-0.05, 0) is 12.3 Å². The topological polar surface area (TPSA) is 58.3 Å². The summed E-state index contributed by atoms with van der Waals surface area (Å²) in [7, 11) is 0. The Balaban J connectivity index is 2.72. The van der Waals surface area contributed by atoms with Gasteiger partial charge in [-0.2, -0.15) is 0 Å². The van der Waals surface area contributed by atoms with Crippen LogP contribution in [0.3, 0.4) is 0 Å². The van der Waals surface area contributed by atoms with Crippen LogP contribution in [0.2, 0.25) is 0 Å². The smallest absolute Gasteiger partial charge is 0.0710 e. The van der Waals surface area contributed by atoms with Gasteiger partial charge in [0.1, 0.15) is 0 Å². The van der Waals surface area contributed by atoms with E-state index in [1.165, 1.54) is 4.88 Å². The van der Waals surface area contributed by atoms with Crippen LogP contribution < -0.4 is 11.1 Å². The van der Waals surface area contributed by atoms with Crippen molar-refractivity contribution >= 4 is 17.0 Å². The fourth-order valence-electron chi connectivity index (χ4n) is 1.05. The van der Waals surface area contributed by atoms with Crippen LogP contribution >= 0.6 is 11.3 Å². The van der Waals surface area contributed by atoms with Crippen molar-refractivity contribution < 1.29 is 5.11 Å². The van der Waals surface area contributed by atoms with Gasteiger partial charge >= 0.3 is 0 Å². The lowest BCUT2D eigenvalue weighted by Gasteiger charge is -2.05. The molecule has 1 rings (SSSR count). The van der Waals surface area contributed by atoms with Crippen LogP contribution in [0.5, 0.6) is 0 Å². The zero-order valence-electron chi connectivity index (χ0n) is 7.13. The van der Waals surface area contributed by atoms with Crippen LogP contribution in [0.25, 0.3) is 0 Å². The number of nitrogens with two attached hydrogens (primary N) is 1. The van der Waals surface area contributed by atoms with E-state index in [0.717, 1.165) is 17.8 Å². The maximum Gasteiger partial charge on any atom is 0.0710 e. The van der Waals surface area contributed by atoms with Gasteiger partial charge in [0.05, 0.1) is 12.3 Å². The summed E-state index contributed by atoms with van der Waals surface area (Å²) < 4.78 is 0. The number of hydrogen-bond donors (Lipinski definition) is 3. The average Bonchev–Trinajstić information content (AvgIpc) is 2.43. The van der Waals surface area contributed by atoms with Gasteiger partial charge in [0.2, 0.25) is 0 Å². The van der Waals surface area contributed by atoms with E-state index < -0.39 is 0 Å². The van der Waals surface area contributed by atoms with Crippen LogP contribution in [0.4, 0.5) is 5.69 Å². The van der Waals surface area contributed by atoms with Crippen molar-refractivity contribution in [2.24, 2.45) is 5.73 Å². The molecule has 0 radical (unpaired) electrons. The third-order valence-corrected chi connectivity index (χ3v) is 2.63. The highest BCUT2D eigenvalue weighted by molar-refractivity contribution is 7.10. The normalized spacial score (nSPS) is 10.2. The Labute approximate surface area is 76.2 Å². The molecule has 4 N–H and O–H groups in total. The second-order valence-electron chi connectivity index (χ2n) is 2.57. The van der Waals surface area contributed by atoms with Crippen LogP contribution in [-0.4, -0.2) is 18.2 Å². The summed E-state index contributed by atoms with van der Waals surface area (Å²) in [5.41, 5.74) is 7.38. The summed E-state index contributed by atoms with van der Waals surface area (Å²) in [5.74, 6) is 0. The summed E-state index contributed by atoms with van der Waals surface area (Å²) in [6, 6.07) is 0. The highest BCUT2D eigenvalue weighted by atomic mass is 32.1. The zero-order chi connectivity index (χ0) is 8.97. The molecular formula is C8H14N2OS. The molecule has 4 heteroatoms. The third-order valence-electron chi connectivity index (χ3n) is 1.67. The Kier molecular flexibility index (Phi) is 3.52. The van der Waals surface area contributed by atoms with E-state index in [-0.39, 0.29) is 6.61 Å². The number of anilines is 1. The molecule has 1 heterocycles. The van der Waals surface area contributed by atoms with Crippen molar-refractivity contribution in [3.05, 3.63) is 15.8 Å². The predicted molar refractivity (Wildman–Crippen MR) is 52.5 cm³/mol. The lowest BCUT2D eigenvalue weighted by molar-refractivity contribution is 0.283. The van der Waals surface area contributed by atoms with Crippen LogP contribution in [0.15, 0.2) is 5.38 Å². The molecule has 0 saturated heterocycles. The van der Waals surface area contributed by atoms with Gasteiger partial charge < -0.3 is 16.2 Å². The second kappa shape index (κ2) is 4.45. The monoisotopic (exact) mass is 186 g/mol. The first-order valence-corrected chi connectivity index (χ1v) is 4.79. The highest BCUT2D eigenvalue weighted by Crippen LogP contribution is 2.26. The lowest BCUT2D eigenvalue weighted by atomic mass is 10.2. The van der Waals surface area contributed by atoms with Gasteiger partial charge in [-0.25, -0.2) is 0 Å². The molecule has 0 aromatic carbocycles. The molecular weight excluding hydrogens is 172 g/mol. The highest BCUT2D eigenvalue weighted by Gasteiger charge is 2.05. The molecule has 0 amide bonds. The largest absolute Gasteiger partial charge is 0.392 e. The fourth-order valence-corrected chi connectivity index (χ4v) is 1.89. The molecule has 0 saturated carbocycles. The Morgan fingerprint density at radius 3 is 3.00 bits per heavy atom. The molecule has 0 unspecified atom stereocenters. The molecule has 0 spiro atoms. The fraction of sp³-hybridized carbons (Fsp3) is 0.500. The van der Waals surface area contributed by atoms with Gasteiger partial charge in [-0.3, -0.25) is 0 Å². The summed E-state index contributed by atoms with van der Waals surface area (Å²) in [6.45, 7) is 3.49. The molecule has 3 nitrogen and oxygen atoms in total. The first kappa shape index (κ1) is 9.51. The van der Waals surface area contributed by atoms with Crippen LogP contribution in [0, 0.1) is 6.92 Å². The first-order chi connectivity index (χ1) is 5.79. The van der Waals surface area contributed by atoms with Crippen LogP contribution in [-0.2, 0) is 6.61 Å². The number of hydrogen-bond acceptors (Lipinski definition) is 4. The van der Waals surface area contributed by atoms with Crippen LogP contribution in [0.1, 0.15) is 10.4 Å². The molecule has 0 atom stereocenters. The molecule has 0 bridgehead atoms. The van der Waals surface area contributed by atoms with Gasteiger partial charge in [0.25, 0.3) is 0 Å². The standard InChI is InChI=1S/C8H14N2OS/c1-6-8(10-3-2-9)7(4-11)5-12-6/h5,10-11H,2-4,9H2,1H3. The van der Waals surface area contributed by atoms with E-state index in [1.54, 1.807) is 11.3 Å². The Morgan fingerprint density at radius 1 is 1.67 bits per heavy atom. The number of rotatable bonds is 4. The number of thiophene rings is 1. The van der Waals surface area contributed by atoms with Crippen molar-refractivity contribution in [2.45, 2.75) is 13.5 Å². The SMILES string of the molecule is Cc1scc(CO)c1NCCN. The average molecular weight is 186 g/mol. The number of aliphatic hydroxyl groups is 1. The minimum atomic E-state index is 0.0945. The molecule has 0 aliphatic carbocycles. The maximum atomic E-state index is 8.97. The molecule has 12 heavy (non-hydrogen) atoms. The summed E-state index contributed by atoms with van der Waals surface area (Å²) in [6.07, 6.45) is 0. The van der Waals surface area contributed by atoms with Gasteiger partial charge in [-0.1, -0.05) is 0 Å². The van der Waals surface area contributed by atoms with Crippen molar-refractivity contribution in [1.82, 2.24) is 0 Å². The molecule has 0 aliphatic rings. The second-order valence-corrected chi connectivity index (χ2v) is 3.65. The third kappa shape index (κ3) is 1.97. The molecule has 0 aliphatic heterocycles.